The van der Waals surface area contributed by atoms with Crippen molar-refractivity contribution in [2.45, 2.75) is 96.4 Å². The first kappa shape index (κ1) is 21.1. The van der Waals surface area contributed by atoms with E-state index in [9.17, 15) is 9.59 Å². The third kappa shape index (κ3) is 8.52. The zero-order valence-electron chi connectivity index (χ0n) is 14.7. The number of hydrogen-bond donors (Lipinski definition) is 2. The highest BCUT2D eigenvalue weighted by molar-refractivity contribution is 6.07. The van der Waals surface area contributed by atoms with Crippen molar-refractivity contribution in [3.8, 4) is 0 Å². The van der Waals surface area contributed by atoms with E-state index in [4.69, 9.17) is 5.11 Å². The number of nitrogens with one attached hydrogen (secondary N) is 1. The zero-order valence-corrected chi connectivity index (χ0v) is 14.7. The molecule has 0 fully saturated rings. The maximum atomic E-state index is 12.0. The van der Waals surface area contributed by atoms with Crippen molar-refractivity contribution in [3.63, 3.8) is 0 Å². The van der Waals surface area contributed by atoms with Crippen molar-refractivity contribution >= 4 is 11.8 Å². The Morgan fingerprint density at radius 2 is 1.27 bits per heavy atom. The average molecular weight is 313 g/mol. The Kier molecular flexibility index (Phi) is 12.1. The molecular formula is C18H35NO3. The molecule has 130 valence electrons. The highest BCUT2D eigenvalue weighted by atomic mass is 16.4. The van der Waals surface area contributed by atoms with Gasteiger partial charge in [0.25, 0.3) is 0 Å². The Balaban J connectivity index is 3.54. The molecule has 0 aliphatic heterocycles. The Hall–Kier alpha value is -0.900. The monoisotopic (exact) mass is 313 g/mol. The van der Waals surface area contributed by atoms with Gasteiger partial charge in [-0.05, 0) is 20.4 Å². The molecule has 22 heavy (non-hydrogen) atoms. The summed E-state index contributed by atoms with van der Waals surface area (Å²) >= 11 is 0. The number of unbranched alkanes of at least 4 members (excludes halogenated alkanes) is 10. The lowest BCUT2D eigenvalue weighted by molar-refractivity contribution is -0.149. The summed E-state index contributed by atoms with van der Waals surface area (Å²) in [6.45, 7) is 3.68. The van der Waals surface area contributed by atoms with Gasteiger partial charge in [-0.1, -0.05) is 71.1 Å². The molecule has 0 saturated heterocycles. The molecule has 0 heterocycles. The number of aliphatic carboxylic acids is 1. The van der Waals surface area contributed by atoms with Crippen LogP contribution in [0.15, 0.2) is 0 Å². The number of carbonyl (C=O) groups excluding carboxylic acids is 1. The molecule has 1 atom stereocenters. The van der Waals surface area contributed by atoms with Crippen molar-refractivity contribution < 1.29 is 14.7 Å². The van der Waals surface area contributed by atoms with E-state index in [0.29, 0.717) is 6.42 Å². The predicted octanol–water partition coefficient (Wildman–Crippen LogP) is 4.32. The fraction of sp³-hybridized carbons (Fsp3) is 0.889. The Morgan fingerprint density at radius 1 is 0.864 bits per heavy atom. The van der Waals surface area contributed by atoms with Gasteiger partial charge >= 0.3 is 5.97 Å². The lowest BCUT2D eigenvalue weighted by Gasteiger charge is -2.22. The molecule has 2 N–H and O–H groups in total. The first-order chi connectivity index (χ1) is 10.5. The number of Topliss-reactive ketones (excluding diaryl/α,β-unsaturated/α-hetero) is 1. The van der Waals surface area contributed by atoms with Crippen molar-refractivity contribution in [2.24, 2.45) is 0 Å². The minimum atomic E-state index is -1.43. The molecule has 0 spiro atoms. The van der Waals surface area contributed by atoms with Crippen LogP contribution >= 0.6 is 0 Å². The molecular weight excluding hydrogens is 278 g/mol. The van der Waals surface area contributed by atoms with Crippen LogP contribution in [0, 0.1) is 0 Å². The van der Waals surface area contributed by atoms with Crippen LogP contribution in [-0.4, -0.2) is 29.4 Å². The lowest BCUT2D eigenvalue weighted by atomic mass is 9.92. The third-order valence-corrected chi connectivity index (χ3v) is 4.49. The van der Waals surface area contributed by atoms with Gasteiger partial charge in [0.2, 0.25) is 0 Å². The first-order valence-electron chi connectivity index (χ1n) is 8.94. The van der Waals surface area contributed by atoms with E-state index in [2.05, 4.69) is 12.2 Å². The second kappa shape index (κ2) is 12.6. The normalized spacial score (nSPS) is 13.8. The van der Waals surface area contributed by atoms with E-state index in [1.54, 1.807) is 0 Å². The molecule has 0 bridgehead atoms. The molecule has 0 radical (unpaired) electrons. The number of hydrogen-bond acceptors (Lipinski definition) is 3. The van der Waals surface area contributed by atoms with Crippen LogP contribution < -0.4 is 5.32 Å². The van der Waals surface area contributed by atoms with Crippen LogP contribution in [0.2, 0.25) is 0 Å². The molecule has 4 heteroatoms. The van der Waals surface area contributed by atoms with Gasteiger partial charge in [-0.2, -0.15) is 0 Å². The van der Waals surface area contributed by atoms with Crippen LogP contribution in [0.5, 0.6) is 0 Å². The summed E-state index contributed by atoms with van der Waals surface area (Å²) in [7, 11) is 1.52. The van der Waals surface area contributed by atoms with Gasteiger partial charge in [-0.15, -0.1) is 0 Å². The van der Waals surface area contributed by atoms with Crippen molar-refractivity contribution in [2.75, 3.05) is 7.05 Å². The van der Waals surface area contributed by atoms with E-state index in [1.165, 1.54) is 65.3 Å². The number of rotatable bonds is 15. The number of likely N-dealkylation sites (N-methyl/N-ethyl adjacent to an activating group) is 1. The summed E-state index contributed by atoms with van der Waals surface area (Å²) in [5.41, 5.74) is -1.43. The number of carboxylic acids is 1. The Labute approximate surface area is 136 Å². The van der Waals surface area contributed by atoms with Crippen LogP contribution in [0.4, 0.5) is 0 Å². The van der Waals surface area contributed by atoms with Crippen LogP contribution in [0.3, 0.4) is 0 Å². The van der Waals surface area contributed by atoms with E-state index in [1.807, 2.05) is 0 Å². The summed E-state index contributed by atoms with van der Waals surface area (Å²) in [6, 6.07) is 0. The van der Waals surface area contributed by atoms with E-state index < -0.39 is 11.5 Å². The van der Waals surface area contributed by atoms with E-state index >= 15 is 0 Å². The fourth-order valence-electron chi connectivity index (χ4n) is 2.57. The first-order valence-corrected chi connectivity index (χ1v) is 8.94. The molecule has 0 rings (SSSR count). The quantitative estimate of drug-likeness (QED) is 0.349. The Bertz CT molecular complexity index is 317. The van der Waals surface area contributed by atoms with Gasteiger partial charge in [0.15, 0.2) is 11.3 Å². The lowest BCUT2D eigenvalue weighted by Crippen LogP contribution is -2.54. The molecule has 0 aromatic rings. The van der Waals surface area contributed by atoms with Gasteiger partial charge in [0, 0.05) is 6.42 Å². The topological polar surface area (TPSA) is 66.4 Å². The van der Waals surface area contributed by atoms with E-state index in [-0.39, 0.29) is 5.78 Å². The van der Waals surface area contributed by atoms with Crippen molar-refractivity contribution in [1.82, 2.24) is 5.32 Å². The minimum Gasteiger partial charge on any atom is -0.480 e. The Morgan fingerprint density at radius 3 is 1.64 bits per heavy atom. The zero-order chi connectivity index (χ0) is 16.8. The van der Waals surface area contributed by atoms with Gasteiger partial charge in [-0.25, -0.2) is 4.79 Å². The highest BCUT2D eigenvalue weighted by Gasteiger charge is 2.38. The van der Waals surface area contributed by atoms with Gasteiger partial charge < -0.3 is 5.11 Å². The number of ketones is 1. The summed E-state index contributed by atoms with van der Waals surface area (Å²) < 4.78 is 0. The molecule has 0 aromatic heterocycles. The molecule has 1 unspecified atom stereocenters. The molecule has 0 amide bonds. The van der Waals surface area contributed by atoms with Gasteiger partial charge in [0.1, 0.15) is 0 Å². The number of carboxylic acid groups (broad SMARTS) is 1. The van der Waals surface area contributed by atoms with Crippen molar-refractivity contribution in [3.05, 3.63) is 0 Å². The summed E-state index contributed by atoms with van der Waals surface area (Å²) in [5.74, 6) is -1.32. The third-order valence-electron chi connectivity index (χ3n) is 4.49. The SMILES string of the molecule is CCCCCCCCCCCCCC(=O)C(C)(NC)C(=O)O. The second-order valence-corrected chi connectivity index (χ2v) is 6.39. The summed E-state index contributed by atoms with van der Waals surface area (Å²) in [6.07, 6.45) is 13.9. The van der Waals surface area contributed by atoms with E-state index in [0.717, 1.165) is 19.3 Å². The maximum absolute atomic E-state index is 12.0. The average Bonchev–Trinajstić information content (AvgIpc) is 2.51. The maximum Gasteiger partial charge on any atom is 0.331 e. The molecule has 0 saturated carbocycles. The molecule has 0 aliphatic carbocycles. The largest absolute Gasteiger partial charge is 0.480 e. The molecule has 0 aromatic carbocycles. The smallest absolute Gasteiger partial charge is 0.331 e. The van der Waals surface area contributed by atoms with Crippen molar-refractivity contribution in [1.29, 1.82) is 0 Å². The highest BCUT2D eigenvalue weighted by Crippen LogP contribution is 2.14. The summed E-state index contributed by atoms with van der Waals surface area (Å²) in [4.78, 5) is 23.1. The van der Waals surface area contributed by atoms with Crippen LogP contribution in [0.1, 0.15) is 90.9 Å². The molecule has 4 nitrogen and oxygen atoms in total. The van der Waals surface area contributed by atoms with Crippen LogP contribution in [-0.2, 0) is 9.59 Å². The minimum absolute atomic E-state index is 0.224. The predicted molar refractivity (Wildman–Crippen MR) is 91.2 cm³/mol. The number of carbonyl (C=O) groups is 2. The second-order valence-electron chi connectivity index (χ2n) is 6.39. The van der Waals surface area contributed by atoms with Crippen LogP contribution in [0.25, 0.3) is 0 Å². The van der Waals surface area contributed by atoms with Gasteiger partial charge in [0.05, 0.1) is 0 Å². The fourth-order valence-corrected chi connectivity index (χ4v) is 2.57. The van der Waals surface area contributed by atoms with Gasteiger partial charge in [-0.3, -0.25) is 10.1 Å². The molecule has 0 aliphatic rings. The summed E-state index contributed by atoms with van der Waals surface area (Å²) in [5, 5.41) is 11.7. The standard InChI is InChI=1S/C18H35NO3/c1-4-5-6-7-8-9-10-11-12-13-14-15-16(20)18(2,19-3)17(21)22/h19H,4-15H2,1-3H3,(H,21,22).